The molecule has 0 aliphatic carbocycles. The molecule has 0 aromatic heterocycles. The normalized spacial score (nSPS) is 28.0. The van der Waals surface area contributed by atoms with Crippen LogP contribution in [-0.2, 0) is 9.53 Å². The maximum absolute atomic E-state index is 13.7. The zero-order valence-corrected chi connectivity index (χ0v) is 10.4. The van der Waals surface area contributed by atoms with E-state index in [1.165, 1.54) is 7.05 Å². The summed E-state index contributed by atoms with van der Waals surface area (Å²) in [4.78, 5) is 22.9. The maximum atomic E-state index is 13.7. The fourth-order valence-corrected chi connectivity index (χ4v) is 1.71. The van der Waals surface area contributed by atoms with Crippen LogP contribution >= 0.6 is 11.6 Å². The first kappa shape index (κ1) is 14.9. The molecule has 1 rings (SSSR count). The quantitative estimate of drug-likeness (QED) is 0.575. The second-order valence-electron chi connectivity index (χ2n) is 3.68. The number of rotatable bonds is 4. The van der Waals surface area contributed by atoms with Crippen molar-refractivity contribution in [2.24, 2.45) is 0 Å². The van der Waals surface area contributed by atoms with E-state index >= 15 is 0 Å². The third-order valence-electron chi connectivity index (χ3n) is 2.43. The van der Waals surface area contributed by atoms with E-state index in [0.717, 1.165) is 11.1 Å². The van der Waals surface area contributed by atoms with Crippen molar-refractivity contribution in [2.45, 2.75) is 24.9 Å². The Kier molecular flexibility index (Phi) is 5.52. The summed E-state index contributed by atoms with van der Waals surface area (Å²) in [6, 6.07) is -0.666. The lowest BCUT2D eigenvalue weighted by molar-refractivity contribution is -0.104. The molecular weight excluding hydrogens is 267 g/mol. The zero-order valence-electron chi connectivity index (χ0n) is 9.68. The van der Waals surface area contributed by atoms with Crippen LogP contribution in [0.5, 0.6) is 0 Å². The summed E-state index contributed by atoms with van der Waals surface area (Å²) >= 11 is 5.50. The number of aldehydes is 1. The van der Waals surface area contributed by atoms with Crippen LogP contribution in [0.25, 0.3) is 0 Å². The van der Waals surface area contributed by atoms with Gasteiger partial charge in [-0.2, -0.15) is 0 Å². The second-order valence-corrected chi connectivity index (χ2v) is 4.11. The lowest BCUT2D eigenvalue weighted by atomic mass is 10.2. The number of halogens is 2. The van der Waals surface area contributed by atoms with Crippen LogP contribution in [0.4, 0.5) is 9.18 Å². The predicted octanol–water partition coefficient (Wildman–Crippen LogP) is 0.352. The van der Waals surface area contributed by atoms with Crippen molar-refractivity contribution in [3.8, 4) is 0 Å². The molecule has 1 aliphatic rings. The number of carbonyl (C=O) groups is 2. The van der Waals surface area contributed by atoms with E-state index in [9.17, 15) is 14.0 Å². The number of hydrogen-bond donors (Lipinski definition) is 2. The van der Waals surface area contributed by atoms with E-state index in [-0.39, 0.29) is 18.1 Å². The Morgan fingerprint density at radius 3 is 2.83 bits per heavy atom. The van der Waals surface area contributed by atoms with Crippen molar-refractivity contribution in [1.29, 1.82) is 0 Å². The molecule has 18 heavy (non-hydrogen) atoms. The fraction of sp³-hybridized carbons (Fsp3) is 0.600. The van der Waals surface area contributed by atoms with E-state index in [0.29, 0.717) is 6.29 Å². The minimum Gasteiger partial charge on any atom is -0.394 e. The van der Waals surface area contributed by atoms with E-state index in [1.807, 2.05) is 0 Å². The van der Waals surface area contributed by atoms with Gasteiger partial charge in [-0.3, -0.25) is 9.69 Å². The summed E-state index contributed by atoms with van der Waals surface area (Å²) < 4.78 is 18.9. The lowest BCUT2D eigenvalue weighted by Crippen LogP contribution is -2.45. The second kappa shape index (κ2) is 6.67. The predicted molar refractivity (Wildman–Crippen MR) is 61.6 cm³/mol. The van der Waals surface area contributed by atoms with Crippen LogP contribution in [0, 0.1) is 0 Å². The molecule has 3 unspecified atom stereocenters. The van der Waals surface area contributed by atoms with Gasteiger partial charge < -0.3 is 15.2 Å². The summed E-state index contributed by atoms with van der Waals surface area (Å²) in [6.45, 7) is -0.344. The van der Waals surface area contributed by atoms with Crippen molar-refractivity contribution >= 4 is 23.9 Å². The lowest BCUT2D eigenvalue weighted by Gasteiger charge is -2.26. The number of urea groups is 1. The molecule has 1 fully saturated rings. The maximum Gasteiger partial charge on any atom is 0.323 e. The minimum atomic E-state index is -1.47. The highest BCUT2D eigenvalue weighted by Gasteiger charge is 2.40. The SMILES string of the molecule is CNC(=O)N(/C=C(/Cl)C=O)C1OC(CO)CC1F. The number of allylic oxidation sites excluding steroid dienone is 1. The van der Waals surface area contributed by atoms with Gasteiger partial charge in [-0.1, -0.05) is 11.6 Å². The summed E-state index contributed by atoms with van der Waals surface area (Å²) in [5, 5.41) is 10.9. The molecule has 0 aromatic carbocycles. The number of carbonyl (C=O) groups excluding carboxylic acids is 2. The number of hydrogen-bond acceptors (Lipinski definition) is 4. The van der Waals surface area contributed by atoms with E-state index in [2.05, 4.69) is 5.32 Å². The average molecular weight is 281 g/mol. The smallest absolute Gasteiger partial charge is 0.323 e. The average Bonchev–Trinajstić information content (AvgIpc) is 2.75. The van der Waals surface area contributed by atoms with E-state index < -0.39 is 24.5 Å². The number of aliphatic hydroxyl groups is 1. The number of ether oxygens (including phenoxy) is 1. The van der Waals surface area contributed by atoms with Crippen molar-refractivity contribution in [1.82, 2.24) is 10.2 Å². The topological polar surface area (TPSA) is 78.9 Å². The molecule has 1 saturated heterocycles. The number of nitrogens with zero attached hydrogens (tertiary/aromatic N) is 1. The van der Waals surface area contributed by atoms with Gasteiger partial charge in [0.2, 0.25) is 0 Å². The Balaban J connectivity index is 2.90. The molecule has 0 bridgehead atoms. The van der Waals surface area contributed by atoms with Crippen molar-refractivity contribution in [2.75, 3.05) is 13.7 Å². The molecule has 0 saturated carbocycles. The number of alkyl halides is 1. The Hall–Kier alpha value is -1.18. The van der Waals surface area contributed by atoms with Crippen molar-refractivity contribution in [3.05, 3.63) is 11.2 Å². The molecule has 0 aromatic rings. The van der Waals surface area contributed by atoms with Gasteiger partial charge in [0, 0.05) is 19.7 Å². The Morgan fingerprint density at radius 1 is 1.72 bits per heavy atom. The highest BCUT2D eigenvalue weighted by Crippen LogP contribution is 2.26. The Labute approximate surface area is 108 Å². The fourth-order valence-electron chi connectivity index (χ4n) is 1.60. The Bertz CT molecular complexity index is 353. The van der Waals surface area contributed by atoms with Crippen molar-refractivity contribution < 1.29 is 23.8 Å². The highest BCUT2D eigenvalue weighted by molar-refractivity contribution is 6.38. The summed E-state index contributed by atoms with van der Waals surface area (Å²) in [6.07, 6.45) is -2.07. The van der Waals surface area contributed by atoms with Gasteiger partial charge in [0.05, 0.1) is 17.7 Å². The molecule has 0 spiro atoms. The highest BCUT2D eigenvalue weighted by atomic mass is 35.5. The first-order valence-electron chi connectivity index (χ1n) is 5.26. The van der Waals surface area contributed by atoms with Crippen molar-refractivity contribution in [3.63, 3.8) is 0 Å². The molecule has 1 heterocycles. The first-order valence-corrected chi connectivity index (χ1v) is 5.64. The van der Waals surface area contributed by atoms with Gasteiger partial charge in [0.25, 0.3) is 0 Å². The van der Waals surface area contributed by atoms with Gasteiger partial charge in [-0.15, -0.1) is 0 Å². The molecule has 8 heteroatoms. The van der Waals surface area contributed by atoms with Crippen LogP contribution < -0.4 is 5.32 Å². The van der Waals surface area contributed by atoms with E-state index in [1.54, 1.807) is 0 Å². The summed E-state index contributed by atoms with van der Waals surface area (Å²) in [5.74, 6) is 0. The molecule has 1 aliphatic heterocycles. The molecule has 6 nitrogen and oxygen atoms in total. The third-order valence-corrected chi connectivity index (χ3v) is 2.62. The largest absolute Gasteiger partial charge is 0.394 e. The van der Waals surface area contributed by atoms with Gasteiger partial charge >= 0.3 is 6.03 Å². The summed E-state index contributed by atoms with van der Waals surface area (Å²) in [5.41, 5.74) is 0. The minimum absolute atomic E-state index is 0.0266. The molecule has 2 amide bonds. The van der Waals surface area contributed by atoms with Gasteiger partial charge in [0.1, 0.15) is 6.17 Å². The monoisotopic (exact) mass is 280 g/mol. The zero-order chi connectivity index (χ0) is 13.7. The van der Waals surface area contributed by atoms with Gasteiger partial charge in [-0.05, 0) is 0 Å². The molecule has 102 valence electrons. The number of nitrogens with one attached hydrogen (secondary N) is 1. The first-order chi connectivity index (χ1) is 8.53. The standard InChI is InChI=1S/C10H14ClFN2O4/c1-13-10(17)14(3-6(11)4-15)9-8(12)2-7(5-16)18-9/h3-4,7-9,16H,2,5H2,1H3,(H,13,17)/b6-3+. The van der Waals surface area contributed by atoms with Crippen LogP contribution in [0.15, 0.2) is 11.2 Å². The van der Waals surface area contributed by atoms with Gasteiger partial charge in [0.15, 0.2) is 12.5 Å². The number of aliphatic hydroxyl groups excluding tert-OH is 1. The molecule has 2 N–H and O–H groups in total. The molecule has 3 atom stereocenters. The van der Waals surface area contributed by atoms with Crippen LogP contribution in [-0.4, -0.2) is 54.5 Å². The third kappa shape index (κ3) is 3.41. The molecule has 0 radical (unpaired) electrons. The summed E-state index contributed by atoms with van der Waals surface area (Å²) in [7, 11) is 1.35. The van der Waals surface area contributed by atoms with Crippen LogP contribution in [0.2, 0.25) is 0 Å². The van der Waals surface area contributed by atoms with Crippen LogP contribution in [0.3, 0.4) is 0 Å². The van der Waals surface area contributed by atoms with E-state index in [4.69, 9.17) is 21.4 Å². The Morgan fingerprint density at radius 2 is 2.39 bits per heavy atom. The van der Waals surface area contributed by atoms with Gasteiger partial charge in [-0.25, -0.2) is 9.18 Å². The van der Waals surface area contributed by atoms with Crippen LogP contribution in [0.1, 0.15) is 6.42 Å². The number of amides is 2. The molecular formula is C10H14ClFN2O4.